The van der Waals surface area contributed by atoms with Crippen molar-refractivity contribution in [2.45, 2.75) is 46.6 Å². The highest BCUT2D eigenvalue weighted by molar-refractivity contribution is 4.51. The van der Waals surface area contributed by atoms with Gasteiger partial charge in [0.2, 0.25) is 0 Å². The molecule has 0 radical (unpaired) electrons. The molecule has 62 valence electrons. The Morgan fingerprint density at radius 3 is 1.90 bits per heavy atom. The maximum absolute atomic E-state index is 5.60. The first kappa shape index (κ1) is 9.96. The molecule has 0 fully saturated rings. The molecule has 0 heterocycles. The van der Waals surface area contributed by atoms with Crippen molar-refractivity contribution in [3.63, 3.8) is 0 Å². The van der Waals surface area contributed by atoms with Gasteiger partial charge in [0.15, 0.2) is 0 Å². The van der Waals surface area contributed by atoms with Crippen LogP contribution in [-0.2, 0) is 4.74 Å². The molecule has 0 saturated carbocycles. The fraction of sp³-hybridized carbons (Fsp3) is 1.00. The van der Waals surface area contributed by atoms with E-state index in [-0.39, 0.29) is 0 Å². The lowest BCUT2D eigenvalue weighted by atomic mass is 10.2. The minimum atomic E-state index is 0.488. The summed E-state index contributed by atoms with van der Waals surface area (Å²) >= 11 is 0. The van der Waals surface area contributed by atoms with Gasteiger partial charge in [-0.3, -0.25) is 0 Å². The van der Waals surface area contributed by atoms with Gasteiger partial charge in [-0.25, -0.2) is 0 Å². The number of rotatable bonds is 5. The molecule has 1 nitrogen and oxygen atoms in total. The summed E-state index contributed by atoms with van der Waals surface area (Å²) in [6.45, 7) is 9.63. The van der Waals surface area contributed by atoms with E-state index in [9.17, 15) is 0 Å². The van der Waals surface area contributed by atoms with Crippen molar-refractivity contribution in [2.24, 2.45) is 5.92 Å². The Kier molecular flexibility index (Phi) is 5.70. The van der Waals surface area contributed by atoms with E-state index in [4.69, 9.17) is 4.74 Å². The van der Waals surface area contributed by atoms with Crippen LogP contribution >= 0.6 is 0 Å². The van der Waals surface area contributed by atoms with Gasteiger partial charge >= 0.3 is 0 Å². The van der Waals surface area contributed by atoms with Crippen LogP contribution in [0, 0.1) is 5.92 Å². The van der Waals surface area contributed by atoms with Gasteiger partial charge in [0.25, 0.3) is 0 Å². The normalized spacial score (nSPS) is 11.4. The molecule has 0 aromatic heterocycles. The van der Waals surface area contributed by atoms with Crippen LogP contribution in [0.25, 0.3) is 0 Å². The largest absolute Gasteiger partial charge is 0.378 e. The molecule has 0 spiro atoms. The predicted octanol–water partition coefficient (Wildman–Crippen LogP) is 2.85. The van der Waals surface area contributed by atoms with Gasteiger partial charge in [0.1, 0.15) is 0 Å². The third kappa shape index (κ3) is 4.80. The van der Waals surface area contributed by atoms with E-state index in [2.05, 4.69) is 27.7 Å². The first-order chi connectivity index (χ1) is 4.70. The Morgan fingerprint density at radius 2 is 1.60 bits per heavy atom. The summed E-state index contributed by atoms with van der Waals surface area (Å²) in [7, 11) is 0. The van der Waals surface area contributed by atoms with Gasteiger partial charge in [-0.15, -0.1) is 0 Å². The summed E-state index contributed by atoms with van der Waals surface area (Å²) in [4.78, 5) is 0. The summed E-state index contributed by atoms with van der Waals surface area (Å²) in [6, 6.07) is 0. The third-order valence-corrected chi connectivity index (χ3v) is 1.58. The lowest BCUT2D eigenvalue weighted by Gasteiger charge is -2.15. The molecule has 0 rings (SSSR count). The average Bonchev–Trinajstić information content (AvgIpc) is 1.90. The van der Waals surface area contributed by atoms with Gasteiger partial charge in [0, 0.05) is 6.61 Å². The first-order valence-electron chi connectivity index (χ1n) is 4.32. The zero-order valence-electron chi connectivity index (χ0n) is 7.68. The third-order valence-electron chi connectivity index (χ3n) is 1.58. The molecular formula is C9H20O. The zero-order chi connectivity index (χ0) is 7.98. The standard InChI is InChI=1S/C9H20O/c1-5-9(6-2)10-7-8(3)4/h8-9H,5-7H2,1-4H3. The van der Waals surface area contributed by atoms with Crippen LogP contribution in [0.1, 0.15) is 40.5 Å². The van der Waals surface area contributed by atoms with Crippen LogP contribution < -0.4 is 0 Å². The minimum Gasteiger partial charge on any atom is -0.378 e. The Bertz CT molecular complexity index is 65.1. The molecule has 0 saturated heterocycles. The van der Waals surface area contributed by atoms with E-state index in [0.29, 0.717) is 12.0 Å². The van der Waals surface area contributed by atoms with E-state index in [1.165, 1.54) is 0 Å². The van der Waals surface area contributed by atoms with E-state index in [1.54, 1.807) is 0 Å². The predicted molar refractivity (Wildman–Crippen MR) is 45.2 cm³/mol. The topological polar surface area (TPSA) is 9.23 Å². The van der Waals surface area contributed by atoms with Crippen LogP contribution in [0.5, 0.6) is 0 Å². The average molecular weight is 144 g/mol. The molecule has 0 amide bonds. The highest BCUT2D eigenvalue weighted by Crippen LogP contribution is 2.04. The number of hydrogen-bond acceptors (Lipinski definition) is 1. The molecular weight excluding hydrogens is 124 g/mol. The van der Waals surface area contributed by atoms with Crippen LogP contribution in [0.4, 0.5) is 0 Å². The summed E-state index contributed by atoms with van der Waals surface area (Å²) < 4.78 is 5.60. The molecule has 0 aromatic carbocycles. The smallest absolute Gasteiger partial charge is 0.0570 e. The fourth-order valence-electron chi connectivity index (χ4n) is 0.853. The second-order valence-electron chi connectivity index (χ2n) is 3.17. The first-order valence-corrected chi connectivity index (χ1v) is 4.32. The van der Waals surface area contributed by atoms with Gasteiger partial charge in [-0.2, -0.15) is 0 Å². The van der Waals surface area contributed by atoms with Crippen molar-refractivity contribution in [1.82, 2.24) is 0 Å². The van der Waals surface area contributed by atoms with Crippen LogP contribution in [-0.4, -0.2) is 12.7 Å². The van der Waals surface area contributed by atoms with Crippen LogP contribution in [0.3, 0.4) is 0 Å². The molecule has 0 aromatic rings. The maximum atomic E-state index is 5.60. The summed E-state index contributed by atoms with van der Waals surface area (Å²) in [6.07, 6.45) is 2.77. The van der Waals surface area contributed by atoms with Crippen molar-refractivity contribution in [2.75, 3.05) is 6.61 Å². The van der Waals surface area contributed by atoms with Crippen molar-refractivity contribution in [1.29, 1.82) is 0 Å². The molecule has 0 aliphatic heterocycles. The molecule has 0 aliphatic rings. The number of ether oxygens (including phenoxy) is 1. The Morgan fingerprint density at radius 1 is 1.10 bits per heavy atom. The molecule has 0 aliphatic carbocycles. The minimum absolute atomic E-state index is 0.488. The van der Waals surface area contributed by atoms with Crippen LogP contribution in [0.2, 0.25) is 0 Å². The lowest BCUT2D eigenvalue weighted by Crippen LogP contribution is -2.13. The Hall–Kier alpha value is -0.0400. The highest BCUT2D eigenvalue weighted by atomic mass is 16.5. The summed E-state index contributed by atoms with van der Waals surface area (Å²) in [5.74, 6) is 0.667. The van der Waals surface area contributed by atoms with Crippen molar-refractivity contribution in [3.8, 4) is 0 Å². The molecule has 0 unspecified atom stereocenters. The van der Waals surface area contributed by atoms with Gasteiger partial charge in [-0.1, -0.05) is 27.7 Å². The van der Waals surface area contributed by atoms with Crippen molar-refractivity contribution in [3.05, 3.63) is 0 Å². The van der Waals surface area contributed by atoms with Gasteiger partial charge in [-0.05, 0) is 18.8 Å². The fourth-order valence-corrected chi connectivity index (χ4v) is 0.853. The van der Waals surface area contributed by atoms with Gasteiger partial charge in [0.05, 0.1) is 6.10 Å². The van der Waals surface area contributed by atoms with Crippen molar-refractivity contribution < 1.29 is 4.74 Å². The second-order valence-corrected chi connectivity index (χ2v) is 3.17. The van der Waals surface area contributed by atoms with Gasteiger partial charge < -0.3 is 4.74 Å². The van der Waals surface area contributed by atoms with Crippen LogP contribution in [0.15, 0.2) is 0 Å². The van der Waals surface area contributed by atoms with E-state index < -0.39 is 0 Å². The van der Waals surface area contributed by atoms with Crippen molar-refractivity contribution >= 4 is 0 Å². The molecule has 0 bridgehead atoms. The summed E-state index contributed by atoms with van der Waals surface area (Å²) in [5.41, 5.74) is 0. The quantitative estimate of drug-likeness (QED) is 0.576. The van der Waals surface area contributed by atoms with E-state index >= 15 is 0 Å². The second kappa shape index (κ2) is 5.72. The molecule has 0 N–H and O–H groups in total. The number of hydrogen-bond donors (Lipinski definition) is 0. The monoisotopic (exact) mass is 144 g/mol. The Balaban J connectivity index is 3.26. The van der Waals surface area contributed by atoms with E-state index in [1.807, 2.05) is 0 Å². The maximum Gasteiger partial charge on any atom is 0.0570 e. The zero-order valence-corrected chi connectivity index (χ0v) is 7.68. The van der Waals surface area contributed by atoms with E-state index in [0.717, 1.165) is 19.4 Å². The SMILES string of the molecule is CCC(CC)OCC(C)C. The Labute approximate surface area is 64.8 Å². The lowest BCUT2D eigenvalue weighted by molar-refractivity contribution is 0.0315. The molecule has 0 atom stereocenters. The molecule has 10 heavy (non-hydrogen) atoms. The highest BCUT2D eigenvalue weighted by Gasteiger charge is 2.03. The molecule has 1 heteroatoms. The summed E-state index contributed by atoms with van der Waals surface area (Å²) in [5, 5.41) is 0.